The first-order valence-corrected chi connectivity index (χ1v) is 11.0. The van der Waals surface area contributed by atoms with Crippen molar-refractivity contribution in [2.24, 2.45) is 4.99 Å². The molecule has 30 heavy (non-hydrogen) atoms. The lowest BCUT2D eigenvalue weighted by molar-refractivity contribution is -0.115. The molecule has 6 nitrogen and oxygen atoms in total. The number of nitrogens with one attached hydrogen (secondary N) is 1. The summed E-state index contributed by atoms with van der Waals surface area (Å²) in [5, 5.41) is 3.61. The number of benzene rings is 1. The van der Waals surface area contributed by atoms with Crippen LogP contribution in [0.1, 0.15) is 19.3 Å². The predicted octanol–water partition coefficient (Wildman–Crippen LogP) is 1.78. The van der Waals surface area contributed by atoms with E-state index in [0.29, 0.717) is 25.2 Å². The third-order valence-corrected chi connectivity index (χ3v) is 6.60. The maximum absolute atomic E-state index is 13.2. The topological polar surface area (TPSA) is 65.0 Å². The van der Waals surface area contributed by atoms with Gasteiger partial charge in [-0.25, -0.2) is 0 Å². The molecule has 4 aliphatic rings. The second-order valence-electron chi connectivity index (χ2n) is 8.56. The van der Waals surface area contributed by atoms with Gasteiger partial charge >= 0.3 is 0 Å². The minimum Gasteiger partial charge on any atom is -0.369 e. The molecule has 5 rings (SSSR count). The summed E-state index contributed by atoms with van der Waals surface area (Å²) in [4.78, 5) is 34.2. The monoisotopic (exact) mass is 404 g/mol. The highest BCUT2D eigenvalue weighted by Gasteiger charge is 2.36. The fraction of sp³-hybridized carbons (Fsp3) is 0.458. The van der Waals surface area contributed by atoms with Crippen molar-refractivity contribution in [2.75, 3.05) is 44.2 Å². The van der Waals surface area contributed by atoms with Crippen molar-refractivity contribution < 1.29 is 9.59 Å². The highest BCUT2D eigenvalue weighted by Crippen LogP contribution is 2.29. The SMILES string of the molecule is O=C1C=C2C=C3CCN=C(C(=O)CN4CCN(c5ccccc5)CC4)C3NC2CC1. The Kier molecular flexibility index (Phi) is 5.35. The number of fused-ring (bicyclic) bond motifs is 2. The van der Waals surface area contributed by atoms with Gasteiger partial charge in [-0.05, 0) is 42.2 Å². The minimum atomic E-state index is -0.0905. The molecule has 0 bridgehead atoms. The number of ketones is 2. The van der Waals surface area contributed by atoms with Crippen LogP contribution in [0.3, 0.4) is 0 Å². The van der Waals surface area contributed by atoms with Crippen molar-refractivity contribution in [2.45, 2.75) is 31.3 Å². The number of Topliss-reactive ketones (excluding diaryl/α,β-unsaturated/α-hetero) is 1. The largest absolute Gasteiger partial charge is 0.369 e. The number of carbonyl (C=O) groups excluding carboxylic acids is 2. The number of hydrogen-bond acceptors (Lipinski definition) is 6. The van der Waals surface area contributed by atoms with E-state index < -0.39 is 0 Å². The van der Waals surface area contributed by atoms with E-state index in [1.165, 1.54) is 11.3 Å². The molecular formula is C24H28N4O2. The molecule has 0 saturated carbocycles. The second kappa shape index (κ2) is 8.28. The van der Waals surface area contributed by atoms with Gasteiger partial charge in [0.2, 0.25) is 0 Å². The minimum absolute atomic E-state index is 0.0905. The Hall–Kier alpha value is -2.57. The molecule has 1 aromatic rings. The number of nitrogens with zero attached hydrogens (tertiary/aromatic N) is 3. The Morgan fingerprint density at radius 3 is 2.67 bits per heavy atom. The van der Waals surface area contributed by atoms with Gasteiger partial charge in [-0.15, -0.1) is 0 Å². The van der Waals surface area contributed by atoms with Crippen LogP contribution in [0.15, 0.2) is 58.6 Å². The van der Waals surface area contributed by atoms with Crippen molar-refractivity contribution in [3.63, 3.8) is 0 Å². The molecule has 0 aromatic heterocycles. The Morgan fingerprint density at radius 1 is 1.07 bits per heavy atom. The zero-order valence-corrected chi connectivity index (χ0v) is 17.2. The third kappa shape index (κ3) is 3.89. The first kappa shape index (κ1) is 19.4. The molecule has 1 fully saturated rings. The van der Waals surface area contributed by atoms with Gasteiger partial charge in [0.15, 0.2) is 11.6 Å². The average molecular weight is 405 g/mol. The molecule has 6 heteroatoms. The van der Waals surface area contributed by atoms with Gasteiger partial charge in [0.1, 0.15) is 5.71 Å². The molecule has 2 unspecified atom stereocenters. The van der Waals surface area contributed by atoms with Gasteiger partial charge in [-0.2, -0.15) is 0 Å². The van der Waals surface area contributed by atoms with Crippen molar-refractivity contribution in [1.29, 1.82) is 0 Å². The number of hydrogen-bond donors (Lipinski definition) is 1. The Labute approximate surface area is 177 Å². The molecule has 3 heterocycles. The predicted molar refractivity (Wildman–Crippen MR) is 118 cm³/mol. The van der Waals surface area contributed by atoms with E-state index >= 15 is 0 Å². The molecule has 2 atom stereocenters. The van der Waals surface area contributed by atoms with Crippen LogP contribution in [-0.2, 0) is 9.59 Å². The molecule has 3 aliphatic heterocycles. The molecule has 0 spiro atoms. The standard InChI is InChI=1S/C24H28N4O2/c29-20-6-7-21-18(15-20)14-17-8-9-25-24(23(17)26-21)22(30)16-27-10-12-28(13-11-27)19-4-2-1-3-5-19/h1-5,14-15,21,23,26H,6-13,16H2. The van der Waals surface area contributed by atoms with Crippen LogP contribution in [0, 0.1) is 0 Å². The fourth-order valence-electron chi connectivity index (χ4n) is 4.94. The van der Waals surface area contributed by atoms with E-state index in [-0.39, 0.29) is 23.7 Å². The summed E-state index contributed by atoms with van der Waals surface area (Å²) in [6, 6.07) is 10.5. The van der Waals surface area contributed by atoms with Gasteiger partial charge in [0.25, 0.3) is 0 Å². The first-order chi connectivity index (χ1) is 14.7. The maximum Gasteiger partial charge on any atom is 0.192 e. The van der Waals surface area contributed by atoms with Gasteiger partial charge in [0.05, 0.1) is 12.6 Å². The molecule has 1 saturated heterocycles. The van der Waals surface area contributed by atoms with Gasteiger partial charge in [-0.1, -0.05) is 24.3 Å². The van der Waals surface area contributed by atoms with Crippen molar-refractivity contribution >= 4 is 23.0 Å². The van der Waals surface area contributed by atoms with Crippen molar-refractivity contribution in [3.05, 3.63) is 53.6 Å². The van der Waals surface area contributed by atoms with Gasteiger partial charge < -0.3 is 4.90 Å². The molecule has 0 amide bonds. The number of carbonyl (C=O) groups is 2. The molecule has 1 aromatic carbocycles. The summed E-state index contributed by atoms with van der Waals surface area (Å²) in [5.74, 6) is 0.333. The zero-order chi connectivity index (χ0) is 20.5. The number of anilines is 1. The quantitative estimate of drug-likeness (QED) is 0.829. The van der Waals surface area contributed by atoms with E-state index in [0.717, 1.165) is 44.6 Å². The molecule has 1 N–H and O–H groups in total. The smallest absolute Gasteiger partial charge is 0.192 e. The summed E-state index contributed by atoms with van der Waals surface area (Å²) in [7, 11) is 0. The Balaban J connectivity index is 1.23. The summed E-state index contributed by atoms with van der Waals surface area (Å²) in [5.41, 5.74) is 4.19. The van der Waals surface area contributed by atoms with E-state index in [9.17, 15) is 9.59 Å². The van der Waals surface area contributed by atoms with E-state index in [1.807, 2.05) is 6.07 Å². The average Bonchev–Trinajstić information content (AvgIpc) is 2.78. The number of para-hydroxylation sites is 1. The van der Waals surface area contributed by atoms with Gasteiger partial charge in [0, 0.05) is 50.9 Å². The van der Waals surface area contributed by atoms with E-state index in [4.69, 9.17) is 0 Å². The van der Waals surface area contributed by atoms with Gasteiger partial charge in [-0.3, -0.25) is 24.8 Å². The Morgan fingerprint density at radius 2 is 1.87 bits per heavy atom. The van der Waals surface area contributed by atoms with Crippen LogP contribution in [0.4, 0.5) is 5.69 Å². The summed E-state index contributed by atoms with van der Waals surface area (Å²) in [6.45, 7) is 4.71. The summed E-state index contributed by atoms with van der Waals surface area (Å²) in [6.07, 6.45) is 6.13. The van der Waals surface area contributed by atoms with Crippen LogP contribution in [0.2, 0.25) is 0 Å². The second-order valence-corrected chi connectivity index (χ2v) is 8.56. The number of rotatable bonds is 4. The summed E-state index contributed by atoms with van der Waals surface area (Å²) < 4.78 is 0. The number of piperazine rings is 1. The molecular weight excluding hydrogens is 376 g/mol. The van der Waals surface area contributed by atoms with E-state index in [1.54, 1.807) is 6.08 Å². The zero-order valence-electron chi connectivity index (χ0n) is 17.2. The lowest BCUT2D eigenvalue weighted by atomic mass is 9.82. The van der Waals surface area contributed by atoms with Crippen LogP contribution >= 0.6 is 0 Å². The summed E-state index contributed by atoms with van der Waals surface area (Å²) >= 11 is 0. The maximum atomic E-state index is 13.2. The van der Waals surface area contributed by atoms with E-state index in [2.05, 4.69) is 50.5 Å². The van der Waals surface area contributed by atoms with Crippen LogP contribution < -0.4 is 10.2 Å². The molecule has 1 aliphatic carbocycles. The third-order valence-electron chi connectivity index (χ3n) is 6.60. The number of aliphatic imine (C=N–C) groups is 1. The lowest BCUT2D eigenvalue weighted by Crippen LogP contribution is -2.55. The lowest BCUT2D eigenvalue weighted by Gasteiger charge is -2.38. The van der Waals surface area contributed by atoms with Crippen molar-refractivity contribution in [3.8, 4) is 0 Å². The molecule has 0 radical (unpaired) electrons. The van der Waals surface area contributed by atoms with Crippen LogP contribution in [0.25, 0.3) is 0 Å². The highest BCUT2D eigenvalue weighted by molar-refractivity contribution is 6.43. The normalized spacial score (nSPS) is 26.9. The molecule has 156 valence electrons. The van der Waals surface area contributed by atoms with Crippen molar-refractivity contribution in [1.82, 2.24) is 10.2 Å². The van der Waals surface area contributed by atoms with Crippen LogP contribution in [-0.4, -0.2) is 73.5 Å². The van der Waals surface area contributed by atoms with Crippen LogP contribution in [0.5, 0.6) is 0 Å². The first-order valence-electron chi connectivity index (χ1n) is 11.0. The number of allylic oxidation sites excluding steroid dienone is 1. The highest BCUT2D eigenvalue weighted by atomic mass is 16.1. The Bertz CT molecular complexity index is 926. The fourth-order valence-corrected chi connectivity index (χ4v) is 4.94.